The first-order valence-electron chi connectivity index (χ1n) is 5.80. The van der Waals surface area contributed by atoms with Crippen LogP contribution in [-0.2, 0) is 4.74 Å². The lowest BCUT2D eigenvalue weighted by molar-refractivity contribution is -0.0117. The summed E-state index contributed by atoms with van der Waals surface area (Å²) in [6.45, 7) is 0.221. The zero-order valence-corrected chi connectivity index (χ0v) is 11.9. The molecule has 2 heterocycles. The number of carbonyl (C=O) groups excluding carboxylic acids is 1. The number of hydrogen-bond donors (Lipinski definition) is 0. The van der Waals surface area contributed by atoms with E-state index in [9.17, 15) is 13.6 Å². The molecule has 0 radical (unpaired) electrons. The average molecular weight is 335 g/mol. The third-order valence-corrected chi connectivity index (χ3v) is 3.54. The van der Waals surface area contributed by atoms with Gasteiger partial charge in [-0.15, -0.1) is 0 Å². The molecule has 1 saturated heterocycles. The summed E-state index contributed by atoms with van der Waals surface area (Å²) in [6, 6.07) is 3.07. The van der Waals surface area contributed by atoms with Crippen LogP contribution in [0, 0.1) is 0 Å². The van der Waals surface area contributed by atoms with Crippen LogP contribution in [-0.4, -0.2) is 37.1 Å². The molecule has 1 aliphatic heterocycles. The highest BCUT2D eigenvalue weighted by Crippen LogP contribution is 2.33. The van der Waals surface area contributed by atoms with Crippen molar-refractivity contribution in [3.05, 3.63) is 22.4 Å². The van der Waals surface area contributed by atoms with Crippen LogP contribution < -0.4 is 4.90 Å². The predicted octanol–water partition coefficient (Wildman–Crippen LogP) is 2.87. The summed E-state index contributed by atoms with van der Waals surface area (Å²) in [6.07, 6.45) is 0.340. The van der Waals surface area contributed by atoms with Crippen LogP contribution in [0.3, 0.4) is 0 Å². The second-order valence-corrected chi connectivity index (χ2v) is 5.13. The molecule has 0 amide bonds. The van der Waals surface area contributed by atoms with Crippen molar-refractivity contribution in [2.24, 2.45) is 0 Å². The molecule has 1 fully saturated rings. The first-order chi connectivity index (χ1) is 8.93. The Morgan fingerprint density at radius 3 is 2.84 bits per heavy atom. The molecule has 0 aliphatic carbocycles. The van der Waals surface area contributed by atoms with E-state index in [0.29, 0.717) is 23.3 Å². The van der Waals surface area contributed by atoms with Crippen molar-refractivity contribution in [2.45, 2.75) is 18.8 Å². The molecule has 7 heteroatoms. The predicted molar refractivity (Wildman–Crippen MR) is 69.7 cm³/mol. The minimum Gasteiger partial charge on any atom is -0.464 e. The number of alkyl halides is 2. The largest absolute Gasteiger partial charge is 0.464 e. The Kier molecular flexibility index (Phi) is 4.03. The van der Waals surface area contributed by atoms with Gasteiger partial charge in [-0.05, 0) is 34.5 Å². The van der Waals surface area contributed by atoms with E-state index in [2.05, 4.69) is 25.7 Å². The van der Waals surface area contributed by atoms with Gasteiger partial charge in [0.05, 0.1) is 19.3 Å². The van der Waals surface area contributed by atoms with Crippen LogP contribution in [0.4, 0.5) is 14.5 Å². The van der Waals surface area contributed by atoms with Gasteiger partial charge in [0.2, 0.25) is 0 Å². The number of rotatable bonds is 2. The molecule has 0 aromatic carbocycles. The van der Waals surface area contributed by atoms with Gasteiger partial charge in [-0.2, -0.15) is 0 Å². The van der Waals surface area contributed by atoms with E-state index in [1.54, 1.807) is 11.0 Å². The minimum absolute atomic E-state index is 0.0885. The fraction of sp³-hybridized carbons (Fsp3) is 0.500. The number of esters is 1. The first-order valence-corrected chi connectivity index (χ1v) is 6.60. The third kappa shape index (κ3) is 3.20. The summed E-state index contributed by atoms with van der Waals surface area (Å²) in [5.41, 5.74) is 0.703. The molecule has 1 aromatic heterocycles. The molecule has 2 rings (SSSR count). The van der Waals surface area contributed by atoms with Crippen LogP contribution in [0.15, 0.2) is 16.7 Å². The number of hydrogen-bond acceptors (Lipinski definition) is 4. The van der Waals surface area contributed by atoms with Gasteiger partial charge in [-0.3, -0.25) is 0 Å². The molecular formula is C12H13BrF2N2O2. The molecule has 0 unspecified atom stereocenters. The SMILES string of the molecule is COC(=O)c1ccc(N2CCCC(F)(F)C2)c(Br)n1. The van der Waals surface area contributed by atoms with E-state index in [0.717, 1.165) is 0 Å². The Hall–Kier alpha value is -1.24. The highest BCUT2D eigenvalue weighted by Gasteiger charge is 2.35. The van der Waals surface area contributed by atoms with E-state index >= 15 is 0 Å². The summed E-state index contributed by atoms with van der Waals surface area (Å²) in [7, 11) is 1.26. The number of halogens is 3. The van der Waals surface area contributed by atoms with Crippen LogP contribution in [0.2, 0.25) is 0 Å². The van der Waals surface area contributed by atoms with Gasteiger partial charge >= 0.3 is 5.97 Å². The normalized spacial score (nSPS) is 18.2. The van der Waals surface area contributed by atoms with E-state index in [1.165, 1.54) is 13.2 Å². The molecule has 1 aliphatic rings. The summed E-state index contributed by atoms with van der Waals surface area (Å²) >= 11 is 3.21. The minimum atomic E-state index is -2.68. The lowest BCUT2D eigenvalue weighted by Crippen LogP contribution is -2.42. The Morgan fingerprint density at radius 2 is 2.26 bits per heavy atom. The smallest absolute Gasteiger partial charge is 0.356 e. The van der Waals surface area contributed by atoms with Gasteiger partial charge in [0.25, 0.3) is 5.92 Å². The van der Waals surface area contributed by atoms with Crippen molar-refractivity contribution in [3.63, 3.8) is 0 Å². The highest BCUT2D eigenvalue weighted by atomic mass is 79.9. The van der Waals surface area contributed by atoms with Crippen molar-refractivity contribution >= 4 is 27.6 Å². The molecular weight excluding hydrogens is 322 g/mol. The van der Waals surface area contributed by atoms with Crippen LogP contribution in [0.25, 0.3) is 0 Å². The number of methoxy groups -OCH3 is 1. The van der Waals surface area contributed by atoms with Crippen LogP contribution in [0.1, 0.15) is 23.3 Å². The fourth-order valence-corrected chi connectivity index (χ4v) is 2.63. The Balaban J connectivity index is 2.23. The van der Waals surface area contributed by atoms with Gasteiger partial charge in [-0.25, -0.2) is 18.6 Å². The van der Waals surface area contributed by atoms with Gasteiger partial charge in [0.15, 0.2) is 0 Å². The molecule has 0 N–H and O–H groups in total. The fourth-order valence-electron chi connectivity index (χ4n) is 2.05. The van der Waals surface area contributed by atoms with Crippen molar-refractivity contribution < 1.29 is 18.3 Å². The summed E-state index contributed by atoms with van der Waals surface area (Å²) < 4.78 is 31.7. The molecule has 0 spiro atoms. The molecule has 1 aromatic rings. The van der Waals surface area contributed by atoms with E-state index in [1.807, 2.05) is 0 Å². The van der Waals surface area contributed by atoms with Crippen molar-refractivity contribution in [2.75, 3.05) is 25.1 Å². The lowest BCUT2D eigenvalue weighted by Gasteiger charge is -2.34. The Labute approximate surface area is 117 Å². The second kappa shape index (κ2) is 5.40. The number of nitrogens with zero attached hydrogens (tertiary/aromatic N) is 2. The quantitative estimate of drug-likeness (QED) is 0.616. The van der Waals surface area contributed by atoms with Gasteiger partial charge < -0.3 is 9.64 Å². The maximum Gasteiger partial charge on any atom is 0.356 e. The maximum atomic E-state index is 13.4. The Bertz CT molecular complexity index is 497. The van der Waals surface area contributed by atoms with Crippen molar-refractivity contribution in [1.29, 1.82) is 0 Å². The summed E-state index contributed by atoms with van der Waals surface area (Å²) in [5.74, 6) is -3.24. The Morgan fingerprint density at radius 1 is 1.53 bits per heavy atom. The number of aromatic nitrogens is 1. The molecule has 0 atom stereocenters. The van der Waals surface area contributed by atoms with Crippen molar-refractivity contribution in [1.82, 2.24) is 4.98 Å². The van der Waals surface area contributed by atoms with E-state index in [-0.39, 0.29) is 18.7 Å². The molecule has 19 heavy (non-hydrogen) atoms. The van der Waals surface area contributed by atoms with Crippen LogP contribution >= 0.6 is 15.9 Å². The van der Waals surface area contributed by atoms with Crippen molar-refractivity contribution in [3.8, 4) is 0 Å². The lowest BCUT2D eigenvalue weighted by atomic mass is 10.1. The van der Waals surface area contributed by atoms with E-state index in [4.69, 9.17) is 0 Å². The number of carbonyl (C=O) groups is 1. The standard InChI is InChI=1S/C12H13BrF2N2O2/c1-19-11(18)8-3-4-9(10(13)16-8)17-6-2-5-12(14,15)7-17/h3-4H,2,5-7H2,1H3. The van der Waals surface area contributed by atoms with Gasteiger partial charge in [0, 0.05) is 13.0 Å². The number of pyridine rings is 1. The second-order valence-electron chi connectivity index (χ2n) is 4.38. The molecule has 104 valence electrons. The van der Waals surface area contributed by atoms with Gasteiger partial charge in [-0.1, -0.05) is 0 Å². The van der Waals surface area contributed by atoms with E-state index < -0.39 is 11.9 Å². The third-order valence-electron chi connectivity index (χ3n) is 2.96. The maximum absolute atomic E-state index is 13.4. The summed E-state index contributed by atoms with van der Waals surface area (Å²) in [5, 5.41) is 0. The first kappa shape index (κ1) is 14.2. The van der Waals surface area contributed by atoms with Gasteiger partial charge in [0.1, 0.15) is 10.3 Å². The highest BCUT2D eigenvalue weighted by molar-refractivity contribution is 9.10. The van der Waals surface area contributed by atoms with Crippen LogP contribution in [0.5, 0.6) is 0 Å². The zero-order chi connectivity index (χ0) is 14.0. The molecule has 4 nitrogen and oxygen atoms in total. The monoisotopic (exact) mass is 334 g/mol. The molecule has 0 bridgehead atoms. The summed E-state index contributed by atoms with van der Waals surface area (Å²) in [4.78, 5) is 16.9. The molecule has 0 saturated carbocycles. The topological polar surface area (TPSA) is 42.4 Å². The number of ether oxygens (including phenoxy) is 1. The zero-order valence-electron chi connectivity index (χ0n) is 10.3. The average Bonchev–Trinajstić information content (AvgIpc) is 2.36. The number of anilines is 1. The number of piperidine rings is 1.